The first-order valence-electron chi connectivity index (χ1n) is 9.91. The molecule has 9 nitrogen and oxygen atoms in total. The summed E-state index contributed by atoms with van der Waals surface area (Å²) in [6.07, 6.45) is -3.62. The molecule has 3 aromatic rings. The normalized spacial score (nSPS) is 14.2. The number of hydrogen-bond donors (Lipinski definition) is 2. The molecule has 0 aliphatic carbocycles. The summed E-state index contributed by atoms with van der Waals surface area (Å²) in [6, 6.07) is 4.60. The number of halogens is 4. The molecular formula is C22H19ClF3N3O6. The summed E-state index contributed by atoms with van der Waals surface area (Å²) in [5.74, 6) is -1.65. The Balaban J connectivity index is 1.94. The van der Waals surface area contributed by atoms with Gasteiger partial charge in [-0.25, -0.2) is 4.79 Å². The van der Waals surface area contributed by atoms with Crippen LogP contribution >= 0.6 is 11.6 Å². The minimum absolute atomic E-state index is 0.0310. The Bertz CT molecular complexity index is 1290. The Hall–Kier alpha value is -3.64. The molecule has 0 saturated heterocycles. The highest BCUT2D eigenvalue weighted by molar-refractivity contribution is 6.31. The lowest BCUT2D eigenvalue weighted by Crippen LogP contribution is -2.47. The number of nitrogens with zero attached hydrogens (tertiary/aromatic N) is 3. The van der Waals surface area contributed by atoms with Crippen LogP contribution in [0.15, 0.2) is 47.7 Å². The van der Waals surface area contributed by atoms with Gasteiger partial charge in [0.1, 0.15) is 5.75 Å². The van der Waals surface area contributed by atoms with Crippen LogP contribution in [0.5, 0.6) is 17.5 Å². The van der Waals surface area contributed by atoms with E-state index in [0.29, 0.717) is 0 Å². The van der Waals surface area contributed by atoms with E-state index < -0.39 is 35.0 Å². The van der Waals surface area contributed by atoms with Gasteiger partial charge in [0, 0.05) is 35.3 Å². The van der Waals surface area contributed by atoms with Gasteiger partial charge >= 0.3 is 18.3 Å². The quantitative estimate of drug-likeness (QED) is 0.460. The van der Waals surface area contributed by atoms with Crippen molar-refractivity contribution in [1.29, 1.82) is 0 Å². The zero-order chi connectivity index (χ0) is 26.1. The van der Waals surface area contributed by atoms with Gasteiger partial charge in [0.15, 0.2) is 11.4 Å². The van der Waals surface area contributed by atoms with Gasteiger partial charge in [-0.1, -0.05) is 24.6 Å². The highest BCUT2D eigenvalue weighted by Crippen LogP contribution is 2.50. The maximum Gasteiger partial charge on any atom is 0.511 e. The van der Waals surface area contributed by atoms with Crippen molar-refractivity contribution in [2.45, 2.75) is 31.5 Å². The van der Waals surface area contributed by atoms with Gasteiger partial charge in [-0.3, -0.25) is 4.79 Å². The molecule has 3 rings (SSSR count). The number of ether oxygens (including phenoxy) is 2. The van der Waals surface area contributed by atoms with Gasteiger partial charge in [0.05, 0.1) is 12.4 Å². The van der Waals surface area contributed by atoms with Crippen LogP contribution in [0, 0.1) is 6.92 Å². The van der Waals surface area contributed by atoms with Crippen molar-refractivity contribution in [3.8, 4) is 17.5 Å². The molecule has 35 heavy (non-hydrogen) atoms. The number of carboxylic acid groups (broad SMARTS) is 1. The Morgan fingerprint density at radius 2 is 1.80 bits per heavy atom. The minimum atomic E-state index is -5.11. The van der Waals surface area contributed by atoms with Crippen molar-refractivity contribution >= 4 is 17.8 Å². The second-order valence-corrected chi connectivity index (χ2v) is 8.08. The second kappa shape index (κ2) is 9.55. The van der Waals surface area contributed by atoms with Crippen LogP contribution in [-0.4, -0.2) is 37.1 Å². The Morgan fingerprint density at radius 3 is 2.31 bits per heavy atom. The molecule has 2 unspecified atom stereocenters. The van der Waals surface area contributed by atoms with Crippen molar-refractivity contribution in [2.75, 3.05) is 0 Å². The van der Waals surface area contributed by atoms with E-state index >= 15 is 0 Å². The van der Waals surface area contributed by atoms with Crippen LogP contribution in [0.2, 0.25) is 5.02 Å². The molecule has 1 aromatic carbocycles. The molecule has 186 valence electrons. The molecule has 2 atom stereocenters. The molecule has 0 aliphatic heterocycles. The van der Waals surface area contributed by atoms with E-state index in [0.717, 1.165) is 29.2 Å². The second-order valence-electron chi connectivity index (χ2n) is 7.67. The van der Waals surface area contributed by atoms with Crippen LogP contribution in [0.1, 0.15) is 29.5 Å². The average molecular weight is 514 g/mol. The monoisotopic (exact) mass is 513 g/mol. The Morgan fingerprint density at radius 1 is 1.17 bits per heavy atom. The number of benzene rings is 1. The predicted molar refractivity (Wildman–Crippen MR) is 117 cm³/mol. The lowest BCUT2D eigenvalue weighted by molar-refractivity contribution is -0.274. The Kier molecular flexibility index (Phi) is 7.08. The first-order valence-corrected chi connectivity index (χ1v) is 10.3. The SMILES string of the molecule is Cc1cc(C(O)(C(C)c2ccc(Oc3ncc(OC(=O)O)cn3)cc2Cl)C(F)(F)F)cn(C)c1=O. The van der Waals surface area contributed by atoms with Gasteiger partial charge in [-0.05, 0) is 30.7 Å². The van der Waals surface area contributed by atoms with Gasteiger partial charge < -0.3 is 24.3 Å². The zero-order valence-corrected chi connectivity index (χ0v) is 19.3. The molecule has 0 fully saturated rings. The highest BCUT2D eigenvalue weighted by Gasteiger charge is 2.59. The summed E-state index contributed by atoms with van der Waals surface area (Å²) >= 11 is 6.26. The van der Waals surface area contributed by atoms with E-state index in [1.165, 1.54) is 39.1 Å². The third-order valence-electron chi connectivity index (χ3n) is 5.32. The van der Waals surface area contributed by atoms with Crippen LogP contribution < -0.4 is 15.0 Å². The molecule has 0 aliphatic rings. The summed E-state index contributed by atoms with van der Waals surface area (Å²) in [7, 11) is 1.29. The first-order chi connectivity index (χ1) is 16.2. The number of alkyl halides is 3. The molecule has 2 aromatic heterocycles. The Labute approximate surface area is 201 Å². The molecule has 2 heterocycles. The third-order valence-corrected chi connectivity index (χ3v) is 5.65. The fraction of sp³-hybridized carbons (Fsp3) is 0.273. The molecule has 0 spiro atoms. The van der Waals surface area contributed by atoms with E-state index in [2.05, 4.69) is 14.7 Å². The van der Waals surface area contributed by atoms with E-state index in [-0.39, 0.29) is 33.7 Å². The van der Waals surface area contributed by atoms with Crippen molar-refractivity contribution in [3.63, 3.8) is 0 Å². The molecule has 0 amide bonds. The molecule has 0 bridgehead atoms. The van der Waals surface area contributed by atoms with Gasteiger partial charge in [0.25, 0.3) is 5.56 Å². The third kappa shape index (κ3) is 5.23. The maximum absolute atomic E-state index is 14.2. The summed E-state index contributed by atoms with van der Waals surface area (Å²) in [5, 5.41) is 19.4. The van der Waals surface area contributed by atoms with Gasteiger partial charge in [-0.2, -0.15) is 23.1 Å². The number of pyridine rings is 1. The number of aliphatic hydroxyl groups is 1. The lowest BCUT2D eigenvalue weighted by atomic mass is 9.78. The van der Waals surface area contributed by atoms with Crippen molar-refractivity contribution in [2.24, 2.45) is 7.05 Å². The zero-order valence-electron chi connectivity index (χ0n) is 18.5. The van der Waals surface area contributed by atoms with Gasteiger partial charge in [0.2, 0.25) is 0 Å². The average Bonchev–Trinajstić information content (AvgIpc) is 2.76. The fourth-order valence-corrected chi connectivity index (χ4v) is 3.84. The van der Waals surface area contributed by atoms with E-state index in [4.69, 9.17) is 21.4 Å². The predicted octanol–water partition coefficient (Wildman–Crippen LogP) is 4.54. The highest BCUT2D eigenvalue weighted by atomic mass is 35.5. The lowest BCUT2D eigenvalue weighted by Gasteiger charge is -2.37. The van der Waals surface area contributed by atoms with Crippen molar-refractivity contribution in [1.82, 2.24) is 14.5 Å². The minimum Gasteiger partial charge on any atom is -0.449 e. The molecule has 0 radical (unpaired) electrons. The van der Waals surface area contributed by atoms with E-state index in [1.807, 2.05) is 0 Å². The molecular weight excluding hydrogens is 495 g/mol. The van der Waals surface area contributed by atoms with Crippen molar-refractivity contribution in [3.05, 3.63) is 74.9 Å². The summed E-state index contributed by atoms with van der Waals surface area (Å²) < 4.78 is 53.4. The number of rotatable bonds is 6. The molecule has 13 heteroatoms. The van der Waals surface area contributed by atoms with Crippen LogP contribution in [0.4, 0.5) is 18.0 Å². The fourth-order valence-electron chi connectivity index (χ4n) is 3.51. The number of carbonyl (C=O) groups is 1. The van der Waals surface area contributed by atoms with Crippen LogP contribution in [0.3, 0.4) is 0 Å². The van der Waals surface area contributed by atoms with Gasteiger partial charge in [-0.15, -0.1) is 0 Å². The smallest absolute Gasteiger partial charge is 0.449 e. The summed E-state index contributed by atoms with van der Waals surface area (Å²) in [6.45, 7) is 2.52. The first kappa shape index (κ1) is 26.0. The van der Waals surface area contributed by atoms with Crippen molar-refractivity contribution < 1.29 is 37.7 Å². The molecule has 2 N–H and O–H groups in total. The molecule has 0 saturated carbocycles. The number of aromatic nitrogens is 3. The topological polar surface area (TPSA) is 124 Å². The number of aryl methyl sites for hydroxylation is 2. The van der Waals surface area contributed by atoms with E-state index in [9.17, 15) is 27.9 Å². The van der Waals surface area contributed by atoms with Crippen LogP contribution in [0.25, 0.3) is 0 Å². The summed E-state index contributed by atoms with van der Waals surface area (Å²) in [4.78, 5) is 30.0. The van der Waals surface area contributed by atoms with Crippen LogP contribution in [-0.2, 0) is 12.6 Å². The summed E-state index contributed by atoms with van der Waals surface area (Å²) in [5.41, 5.74) is -4.36. The largest absolute Gasteiger partial charge is 0.511 e. The number of hydrogen-bond acceptors (Lipinski definition) is 7. The van der Waals surface area contributed by atoms with E-state index in [1.54, 1.807) is 0 Å². The maximum atomic E-state index is 14.2. The standard InChI is InChI=1S/C22H19ClF3N3O6/c1-11-6-13(10-29(3)18(11)30)21(33,22(24,25)26)12(2)16-5-4-14(7-17(16)23)34-19-27-8-15(9-28-19)35-20(31)32/h4-10,12,33H,1-3H3,(H,31,32).